The quantitative estimate of drug-likeness (QED) is 0.680. The molecule has 0 aliphatic rings. The van der Waals surface area contributed by atoms with Crippen molar-refractivity contribution in [1.82, 2.24) is 10.2 Å². The molecule has 1 heterocycles. The van der Waals surface area contributed by atoms with E-state index < -0.39 is 6.23 Å². The first-order valence-corrected chi connectivity index (χ1v) is 5.16. The topological polar surface area (TPSA) is 84.1 Å². The highest BCUT2D eigenvalue weighted by molar-refractivity contribution is 7.15. The summed E-state index contributed by atoms with van der Waals surface area (Å²) in [5, 5.41) is 20.7. The van der Waals surface area contributed by atoms with Gasteiger partial charge in [-0.3, -0.25) is 0 Å². The van der Waals surface area contributed by atoms with Crippen molar-refractivity contribution in [3.8, 4) is 0 Å². The summed E-state index contributed by atoms with van der Waals surface area (Å²) in [5.41, 5.74) is 6.18. The number of nitrogens with zero attached hydrogens (tertiary/aromatic N) is 2. The van der Waals surface area contributed by atoms with Gasteiger partial charge >= 0.3 is 0 Å². The van der Waals surface area contributed by atoms with Crippen molar-refractivity contribution in [3.05, 3.63) is 35.3 Å². The van der Waals surface area contributed by atoms with Crippen LogP contribution < -0.4 is 11.1 Å². The van der Waals surface area contributed by atoms with Gasteiger partial charge in [-0.05, 0) is 12.1 Å². The van der Waals surface area contributed by atoms with Crippen LogP contribution in [0.15, 0.2) is 30.3 Å². The molecule has 5 nitrogen and oxygen atoms in total. The number of anilines is 2. The summed E-state index contributed by atoms with van der Waals surface area (Å²) in [6.07, 6.45) is -1.06. The molecule has 78 valence electrons. The Morgan fingerprint density at radius 2 is 2.00 bits per heavy atom. The Balaban J connectivity index is 2.12. The van der Waals surface area contributed by atoms with Crippen LogP contribution in [0.3, 0.4) is 0 Å². The number of para-hydroxylation sites is 1. The number of rotatable bonds is 3. The number of aliphatic hydroxyl groups excluding tert-OH is 1. The fourth-order valence-corrected chi connectivity index (χ4v) is 1.70. The molecule has 0 amide bonds. The van der Waals surface area contributed by atoms with Crippen LogP contribution >= 0.6 is 11.3 Å². The van der Waals surface area contributed by atoms with E-state index in [1.807, 2.05) is 30.3 Å². The zero-order chi connectivity index (χ0) is 10.7. The van der Waals surface area contributed by atoms with E-state index in [2.05, 4.69) is 15.5 Å². The maximum absolute atomic E-state index is 9.06. The number of benzene rings is 1. The third-order valence-electron chi connectivity index (χ3n) is 1.72. The van der Waals surface area contributed by atoms with E-state index in [1.165, 1.54) is 11.3 Å². The summed E-state index contributed by atoms with van der Waals surface area (Å²) in [5.74, 6) is 0. The molecule has 0 saturated carbocycles. The summed E-state index contributed by atoms with van der Waals surface area (Å²) >= 11 is 1.23. The molecule has 0 aliphatic carbocycles. The average Bonchev–Trinajstić information content (AvgIpc) is 2.68. The summed E-state index contributed by atoms with van der Waals surface area (Å²) in [6.45, 7) is 0. The molecular weight excluding hydrogens is 212 g/mol. The van der Waals surface area contributed by atoms with Crippen LogP contribution in [0.2, 0.25) is 0 Å². The Hall–Kier alpha value is -1.50. The van der Waals surface area contributed by atoms with Crippen LogP contribution in [0, 0.1) is 0 Å². The molecule has 1 aromatic heterocycles. The van der Waals surface area contributed by atoms with Gasteiger partial charge in [0.05, 0.1) is 0 Å². The lowest BCUT2D eigenvalue weighted by atomic mass is 10.3. The molecule has 1 atom stereocenters. The number of aliphatic hydroxyl groups is 1. The van der Waals surface area contributed by atoms with Crippen LogP contribution in [0.25, 0.3) is 0 Å². The van der Waals surface area contributed by atoms with E-state index in [0.29, 0.717) is 10.1 Å². The monoisotopic (exact) mass is 222 g/mol. The number of hydrogen-bond acceptors (Lipinski definition) is 6. The maximum Gasteiger partial charge on any atom is 0.210 e. The summed E-state index contributed by atoms with van der Waals surface area (Å²) < 4.78 is 0. The van der Waals surface area contributed by atoms with E-state index in [0.717, 1.165) is 5.69 Å². The Labute approximate surface area is 90.6 Å². The number of aromatic nitrogens is 2. The molecule has 1 unspecified atom stereocenters. The van der Waals surface area contributed by atoms with Crippen molar-refractivity contribution >= 4 is 22.2 Å². The molecule has 0 radical (unpaired) electrons. The first kappa shape index (κ1) is 10.0. The number of nitrogens with two attached hydrogens (primary N) is 1. The fraction of sp³-hybridized carbons (Fsp3) is 0.111. The Morgan fingerprint density at radius 1 is 1.27 bits per heavy atom. The molecule has 2 aromatic rings. The van der Waals surface area contributed by atoms with Gasteiger partial charge in [0.15, 0.2) is 11.2 Å². The first-order chi connectivity index (χ1) is 7.25. The van der Waals surface area contributed by atoms with Crippen LogP contribution in [0.4, 0.5) is 10.8 Å². The summed E-state index contributed by atoms with van der Waals surface area (Å²) in [7, 11) is 0. The molecule has 0 fully saturated rings. The second kappa shape index (κ2) is 4.35. The van der Waals surface area contributed by atoms with Gasteiger partial charge in [0, 0.05) is 5.69 Å². The lowest BCUT2D eigenvalue weighted by molar-refractivity contribution is 0.185. The van der Waals surface area contributed by atoms with Crippen LogP contribution in [-0.2, 0) is 0 Å². The van der Waals surface area contributed by atoms with Crippen molar-refractivity contribution in [2.75, 3.05) is 5.32 Å². The second-order valence-electron chi connectivity index (χ2n) is 2.88. The summed E-state index contributed by atoms with van der Waals surface area (Å²) in [6, 6.07) is 9.60. The van der Waals surface area contributed by atoms with Gasteiger partial charge in [0.25, 0.3) is 0 Å². The molecule has 4 N–H and O–H groups in total. The first-order valence-electron chi connectivity index (χ1n) is 4.35. The van der Waals surface area contributed by atoms with E-state index in [1.54, 1.807) is 0 Å². The predicted molar refractivity (Wildman–Crippen MR) is 58.8 cm³/mol. The number of hydrogen-bond donors (Lipinski definition) is 3. The van der Waals surface area contributed by atoms with Crippen molar-refractivity contribution in [2.24, 2.45) is 5.73 Å². The molecule has 0 aliphatic heterocycles. The van der Waals surface area contributed by atoms with Crippen molar-refractivity contribution < 1.29 is 5.11 Å². The van der Waals surface area contributed by atoms with E-state index >= 15 is 0 Å². The van der Waals surface area contributed by atoms with Gasteiger partial charge < -0.3 is 16.2 Å². The van der Waals surface area contributed by atoms with Gasteiger partial charge in [-0.25, -0.2) is 0 Å². The van der Waals surface area contributed by atoms with E-state index in [4.69, 9.17) is 10.8 Å². The minimum Gasteiger partial charge on any atom is -0.372 e. The molecule has 0 bridgehead atoms. The minimum absolute atomic E-state index is 0.397. The summed E-state index contributed by atoms with van der Waals surface area (Å²) in [4.78, 5) is 0. The zero-order valence-corrected chi connectivity index (χ0v) is 8.61. The largest absolute Gasteiger partial charge is 0.372 e. The lowest BCUT2D eigenvalue weighted by Crippen LogP contribution is -2.07. The average molecular weight is 222 g/mol. The van der Waals surface area contributed by atoms with Crippen LogP contribution in [0.5, 0.6) is 0 Å². The highest BCUT2D eigenvalue weighted by Crippen LogP contribution is 2.22. The third kappa shape index (κ3) is 2.50. The smallest absolute Gasteiger partial charge is 0.210 e. The van der Waals surface area contributed by atoms with E-state index in [9.17, 15) is 0 Å². The number of nitrogens with one attached hydrogen (secondary N) is 1. The van der Waals surface area contributed by atoms with Gasteiger partial charge in [0.1, 0.15) is 0 Å². The van der Waals surface area contributed by atoms with Crippen LogP contribution in [-0.4, -0.2) is 15.3 Å². The van der Waals surface area contributed by atoms with Crippen molar-refractivity contribution in [2.45, 2.75) is 6.23 Å². The van der Waals surface area contributed by atoms with Crippen molar-refractivity contribution in [3.63, 3.8) is 0 Å². The predicted octanol–water partition coefficient (Wildman–Crippen LogP) is 1.23. The molecular formula is C9H10N4OS. The van der Waals surface area contributed by atoms with Gasteiger partial charge in [-0.1, -0.05) is 29.5 Å². The minimum atomic E-state index is -1.06. The third-order valence-corrected chi connectivity index (χ3v) is 2.63. The molecule has 15 heavy (non-hydrogen) atoms. The lowest BCUT2D eigenvalue weighted by Gasteiger charge is -1.99. The molecule has 6 heteroatoms. The highest BCUT2D eigenvalue weighted by Gasteiger charge is 2.08. The fourth-order valence-electron chi connectivity index (χ4n) is 1.05. The molecule has 0 spiro atoms. The Morgan fingerprint density at radius 3 is 2.60 bits per heavy atom. The normalized spacial score (nSPS) is 12.4. The van der Waals surface area contributed by atoms with Gasteiger partial charge in [-0.2, -0.15) is 0 Å². The van der Waals surface area contributed by atoms with E-state index in [-0.39, 0.29) is 0 Å². The SMILES string of the molecule is NC(O)c1nnc(Nc2ccccc2)s1. The van der Waals surface area contributed by atoms with Crippen molar-refractivity contribution in [1.29, 1.82) is 0 Å². The van der Waals surface area contributed by atoms with Crippen LogP contribution in [0.1, 0.15) is 11.2 Å². The van der Waals surface area contributed by atoms with Gasteiger partial charge in [-0.15, -0.1) is 10.2 Å². The standard InChI is InChI=1S/C9H10N4OS/c10-7(14)8-12-13-9(15-8)11-6-4-2-1-3-5-6/h1-5,7,14H,10H2,(H,11,13). The van der Waals surface area contributed by atoms with Gasteiger partial charge in [0.2, 0.25) is 5.13 Å². The zero-order valence-electron chi connectivity index (χ0n) is 7.79. The molecule has 2 rings (SSSR count). The Bertz CT molecular complexity index is 429. The molecule has 1 aromatic carbocycles. The molecule has 0 saturated heterocycles. The Kier molecular flexibility index (Phi) is 2.91. The second-order valence-corrected chi connectivity index (χ2v) is 3.89. The maximum atomic E-state index is 9.06. The highest BCUT2D eigenvalue weighted by atomic mass is 32.1.